The zero-order valence-corrected chi connectivity index (χ0v) is 14.6. The maximum atomic E-state index is 12.6. The monoisotopic (exact) mass is 331 g/mol. The first-order valence-corrected chi connectivity index (χ1v) is 8.06. The van der Waals surface area contributed by atoms with Crippen molar-refractivity contribution in [2.24, 2.45) is 5.41 Å². The number of allylic oxidation sites excluding steroid dienone is 1. The van der Waals surface area contributed by atoms with Gasteiger partial charge in [-0.15, -0.1) is 6.58 Å². The van der Waals surface area contributed by atoms with E-state index in [4.69, 9.17) is 9.47 Å². The average molecular weight is 331 g/mol. The molecule has 0 spiro atoms. The van der Waals surface area contributed by atoms with Gasteiger partial charge in [-0.05, 0) is 25.3 Å². The van der Waals surface area contributed by atoms with Gasteiger partial charge >= 0.3 is 12.1 Å². The summed E-state index contributed by atoms with van der Waals surface area (Å²) in [5, 5.41) is 0. The van der Waals surface area contributed by atoms with Gasteiger partial charge in [0.1, 0.15) is 12.1 Å². The fourth-order valence-electron chi connectivity index (χ4n) is 3.40. The Morgan fingerprint density at radius 3 is 2.54 bits per heavy atom. The molecule has 1 heterocycles. The predicted octanol–water partition coefficient (Wildman–Crippen LogP) is 3.54. The maximum absolute atomic E-state index is 12.6. The van der Waals surface area contributed by atoms with Gasteiger partial charge in [-0.2, -0.15) is 0 Å². The summed E-state index contributed by atoms with van der Waals surface area (Å²) in [7, 11) is 1.34. The number of rotatable bonds is 5. The second-order valence-electron chi connectivity index (χ2n) is 6.56. The van der Waals surface area contributed by atoms with E-state index in [9.17, 15) is 9.59 Å². The number of likely N-dealkylation sites (tertiary alicyclic amines) is 1. The molecule has 24 heavy (non-hydrogen) atoms. The van der Waals surface area contributed by atoms with Crippen LogP contribution in [0.4, 0.5) is 4.79 Å². The van der Waals surface area contributed by atoms with E-state index in [1.807, 2.05) is 37.3 Å². The lowest BCUT2D eigenvalue weighted by molar-refractivity contribution is -0.157. The molecule has 0 saturated carbocycles. The molecule has 130 valence electrons. The van der Waals surface area contributed by atoms with E-state index in [-0.39, 0.29) is 6.61 Å². The number of esters is 1. The molecule has 0 bridgehead atoms. The van der Waals surface area contributed by atoms with Crippen LogP contribution in [0.1, 0.15) is 32.3 Å². The average Bonchev–Trinajstić information content (AvgIpc) is 2.86. The summed E-state index contributed by atoms with van der Waals surface area (Å²) >= 11 is 0. The summed E-state index contributed by atoms with van der Waals surface area (Å²) in [4.78, 5) is 26.6. The number of carbonyl (C=O) groups excluding carboxylic acids is 2. The first-order valence-electron chi connectivity index (χ1n) is 8.06. The molecular weight excluding hydrogens is 306 g/mol. The number of nitrogens with zero attached hydrogens (tertiary/aromatic N) is 1. The summed E-state index contributed by atoms with van der Waals surface area (Å²) in [5.74, 6) is -0.430. The minimum absolute atomic E-state index is 0.172. The Bertz CT molecular complexity index is 615. The molecule has 1 aliphatic rings. The number of hydrogen-bond donors (Lipinski definition) is 0. The van der Waals surface area contributed by atoms with Crippen LogP contribution in [0.15, 0.2) is 43.0 Å². The van der Waals surface area contributed by atoms with Crippen molar-refractivity contribution in [3.63, 3.8) is 0 Å². The fourth-order valence-corrected chi connectivity index (χ4v) is 3.40. The Balaban J connectivity index is 2.19. The Morgan fingerprint density at radius 1 is 1.29 bits per heavy atom. The SMILES string of the molecule is C=CC[C@]1(C)CCN(C(=O)OCc2ccccc2)[C@]1(C)C(=O)OC. The molecule has 1 aromatic carbocycles. The van der Waals surface area contributed by atoms with Crippen molar-refractivity contribution < 1.29 is 19.1 Å². The minimum atomic E-state index is -1.08. The van der Waals surface area contributed by atoms with Crippen LogP contribution in [0.3, 0.4) is 0 Å². The topological polar surface area (TPSA) is 55.8 Å². The van der Waals surface area contributed by atoms with Crippen LogP contribution in [0, 0.1) is 5.41 Å². The summed E-state index contributed by atoms with van der Waals surface area (Å²) in [5.41, 5.74) is -0.615. The zero-order valence-electron chi connectivity index (χ0n) is 14.6. The number of benzene rings is 1. The van der Waals surface area contributed by atoms with Crippen molar-refractivity contribution in [2.45, 2.75) is 38.8 Å². The molecule has 5 heteroatoms. The predicted molar refractivity (Wildman–Crippen MR) is 91.3 cm³/mol. The first-order chi connectivity index (χ1) is 11.4. The fraction of sp³-hybridized carbons (Fsp3) is 0.474. The molecule has 1 amide bonds. The third kappa shape index (κ3) is 3.03. The minimum Gasteiger partial charge on any atom is -0.467 e. The van der Waals surface area contributed by atoms with E-state index >= 15 is 0 Å². The smallest absolute Gasteiger partial charge is 0.411 e. The van der Waals surface area contributed by atoms with E-state index in [0.29, 0.717) is 19.4 Å². The molecule has 0 radical (unpaired) electrons. The lowest BCUT2D eigenvalue weighted by Gasteiger charge is -2.42. The zero-order chi connectivity index (χ0) is 17.8. The van der Waals surface area contributed by atoms with Crippen LogP contribution in [0.25, 0.3) is 0 Å². The maximum Gasteiger partial charge on any atom is 0.411 e. The quantitative estimate of drug-likeness (QED) is 0.612. The van der Waals surface area contributed by atoms with Gasteiger partial charge in [-0.25, -0.2) is 9.59 Å². The molecule has 2 atom stereocenters. The van der Waals surface area contributed by atoms with E-state index < -0.39 is 23.0 Å². The highest BCUT2D eigenvalue weighted by Gasteiger charge is 2.60. The van der Waals surface area contributed by atoms with E-state index in [2.05, 4.69) is 6.58 Å². The number of ether oxygens (including phenoxy) is 2. The third-order valence-electron chi connectivity index (χ3n) is 5.21. The van der Waals surface area contributed by atoms with Crippen molar-refractivity contribution in [3.05, 3.63) is 48.6 Å². The number of methoxy groups -OCH3 is 1. The number of hydrogen-bond acceptors (Lipinski definition) is 4. The molecule has 0 unspecified atom stereocenters. The van der Waals surface area contributed by atoms with Gasteiger partial charge in [0, 0.05) is 12.0 Å². The van der Waals surface area contributed by atoms with Crippen molar-refractivity contribution in [2.75, 3.05) is 13.7 Å². The van der Waals surface area contributed by atoms with Gasteiger partial charge in [0.15, 0.2) is 0 Å². The highest BCUT2D eigenvalue weighted by molar-refractivity contribution is 5.87. The molecule has 1 fully saturated rings. The highest BCUT2D eigenvalue weighted by Crippen LogP contribution is 2.49. The van der Waals surface area contributed by atoms with Gasteiger partial charge < -0.3 is 9.47 Å². The lowest BCUT2D eigenvalue weighted by Crippen LogP contribution is -2.58. The first kappa shape index (κ1) is 18.0. The normalized spacial score (nSPS) is 26.0. The second kappa shape index (κ2) is 7.07. The van der Waals surface area contributed by atoms with E-state index in [0.717, 1.165) is 5.56 Å². The van der Waals surface area contributed by atoms with Crippen LogP contribution in [-0.4, -0.2) is 36.2 Å². The molecule has 1 aromatic rings. The van der Waals surface area contributed by atoms with Crippen molar-refractivity contribution in [3.8, 4) is 0 Å². The molecule has 5 nitrogen and oxygen atoms in total. The Labute approximate surface area is 143 Å². The summed E-state index contributed by atoms with van der Waals surface area (Å²) in [6.07, 6.45) is 2.58. The van der Waals surface area contributed by atoms with Crippen LogP contribution in [-0.2, 0) is 20.9 Å². The molecule has 1 aliphatic heterocycles. The van der Waals surface area contributed by atoms with Gasteiger partial charge in [0.05, 0.1) is 7.11 Å². The summed E-state index contributed by atoms with van der Waals surface area (Å²) in [6, 6.07) is 9.45. The van der Waals surface area contributed by atoms with Gasteiger partial charge in [-0.1, -0.05) is 43.3 Å². The standard InChI is InChI=1S/C19H25NO4/c1-5-11-18(2)12-13-20(19(18,3)16(21)23-4)17(22)24-14-15-9-7-6-8-10-15/h5-10H,1,11-14H2,2-4H3/t18-,19-/m1/s1. The van der Waals surface area contributed by atoms with Crippen molar-refractivity contribution in [1.29, 1.82) is 0 Å². The van der Waals surface area contributed by atoms with Crippen molar-refractivity contribution >= 4 is 12.1 Å². The largest absolute Gasteiger partial charge is 0.467 e. The van der Waals surface area contributed by atoms with Gasteiger partial charge in [0.25, 0.3) is 0 Å². The van der Waals surface area contributed by atoms with Crippen LogP contribution >= 0.6 is 0 Å². The van der Waals surface area contributed by atoms with Gasteiger partial charge in [0.2, 0.25) is 0 Å². The summed E-state index contributed by atoms with van der Waals surface area (Å²) in [6.45, 7) is 8.13. The molecule has 0 aliphatic carbocycles. The molecule has 2 rings (SSSR count). The van der Waals surface area contributed by atoms with Crippen molar-refractivity contribution in [1.82, 2.24) is 4.90 Å². The Kier molecular flexibility index (Phi) is 5.32. The lowest BCUT2D eigenvalue weighted by atomic mass is 9.70. The van der Waals surface area contributed by atoms with Crippen LogP contribution in [0.5, 0.6) is 0 Å². The van der Waals surface area contributed by atoms with E-state index in [1.165, 1.54) is 12.0 Å². The molecule has 0 aromatic heterocycles. The third-order valence-corrected chi connectivity index (χ3v) is 5.21. The van der Waals surface area contributed by atoms with E-state index in [1.54, 1.807) is 13.0 Å². The summed E-state index contributed by atoms with van der Waals surface area (Å²) < 4.78 is 10.4. The Morgan fingerprint density at radius 2 is 1.96 bits per heavy atom. The highest BCUT2D eigenvalue weighted by atomic mass is 16.6. The number of carbonyl (C=O) groups is 2. The second-order valence-corrected chi connectivity index (χ2v) is 6.56. The molecule has 1 saturated heterocycles. The molecule has 0 N–H and O–H groups in total. The van der Waals surface area contributed by atoms with Gasteiger partial charge in [-0.3, -0.25) is 4.90 Å². The van der Waals surface area contributed by atoms with Crippen LogP contribution in [0.2, 0.25) is 0 Å². The number of amides is 1. The van der Waals surface area contributed by atoms with Crippen LogP contribution < -0.4 is 0 Å². The molecular formula is C19H25NO4. The Hall–Kier alpha value is -2.30.